The summed E-state index contributed by atoms with van der Waals surface area (Å²) in [5.41, 5.74) is 2.02. The van der Waals surface area contributed by atoms with Crippen molar-refractivity contribution in [1.82, 2.24) is 30.2 Å². The fourth-order valence-corrected chi connectivity index (χ4v) is 2.46. The van der Waals surface area contributed by atoms with Crippen molar-refractivity contribution in [1.29, 1.82) is 0 Å². The molecule has 0 atom stereocenters. The van der Waals surface area contributed by atoms with Gasteiger partial charge in [-0.1, -0.05) is 12.1 Å². The van der Waals surface area contributed by atoms with Crippen LogP contribution in [0.3, 0.4) is 0 Å². The molecule has 0 amide bonds. The van der Waals surface area contributed by atoms with Crippen LogP contribution in [0.2, 0.25) is 0 Å². The number of hydrogen-bond donors (Lipinski definition) is 2. The molecular weight excluding hydrogens is 326 g/mol. The number of pyridine rings is 2. The van der Waals surface area contributed by atoms with E-state index < -0.39 is 0 Å². The SMILES string of the molecule is CCNC(=NCc1ccc(-n2ccnc2C)nc1)NCc1ccccn1. The van der Waals surface area contributed by atoms with Crippen molar-refractivity contribution < 1.29 is 0 Å². The van der Waals surface area contributed by atoms with Crippen LogP contribution in [0.1, 0.15) is 24.0 Å². The van der Waals surface area contributed by atoms with Crippen LogP contribution >= 0.6 is 0 Å². The molecule has 0 aromatic carbocycles. The number of nitrogens with zero attached hydrogens (tertiary/aromatic N) is 5. The lowest BCUT2D eigenvalue weighted by Gasteiger charge is -2.11. The summed E-state index contributed by atoms with van der Waals surface area (Å²) >= 11 is 0. The number of hydrogen-bond acceptors (Lipinski definition) is 4. The predicted molar refractivity (Wildman–Crippen MR) is 102 cm³/mol. The van der Waals surface area contributed by atoms with E-state index in [4.69, 9.17) is 0 Å². The lowest BCUT2D eigenvalue weighted by molar-refractivity contribution is 0.799. The molecule has 3 aromatic heterocycles. The van der Waals surface area contributed by atoms with Gasteiger partial charge in [0.1, 0.15) is 11.6 Å². The number of aromatic nitrogens is 4. The van der Waals surface area contributed by atoms with E-state index >= 15 is 0 Å². The molecule has 0 saturated heterocycles. The molecule has 0 aliphatic heterocycles. The predicted octanol–water partition coefficient (Wildman–Crippen LogP) is 2.23. The van der Waals surface area contributed by atoms with Gasteiger partial charge in [-0.2, -0.15) is 0 Å². The van der Waals surface area contributed by atoms with E-state index in [0.29, 0.717) is 13.1 Å². The second kappa shape index (κ2) is 8.75. The molecule has 0 saturated carbocycles. The first kappa shape index (κ1) is 17.6. The average Bonchev–Trinajstić information content (AvgIpc) is 3.11. The van der Waals surface area contributed by atoms with Crippen LogP contribution in [-0.2, 0) is 13.1 Å². The van der Waals surface area contributed by atoms with Gasteiger partial charge in [-0.05, 0) is 37.6 Å². The summed E-state index contributed by atoms with van der Waals surface area (Å²) < 4.78 is 1.95. The van der Waals surface area contributed by atoms with Crippen LogP contribution in [0.5, 0.6) is 0 Å². The Hall–Kier alpha value is -3.22. The molecule has 0 aliphatic rings. The summed E-state index contributed by atoms with van der Waals surface area (Å²) in [6.45, 7) is 5.97. The molecule has 0 radical (unpaired) electrons. The van der Waals surface area contributed by atoms with E-state index in [9.17, 15) is 0 Å². The minimum Gasteiger partial charge on any atom is -0.357 e. The highest BCUT2D eigenvalue weighted by molar-refractivity contribution is 5.79. The first-order valence-corrected chi connectivity index (χ1v) is 8.63. The maximum absolute atomic E-state index is 4.62. The number of aliphatic imine (C=N–C) groups is 1. The highest BCUT2D eigenvalue weighted by Gasteiger charge is 2.03. The van der Waals surface area contributed by atoms with Crippen LogP contribution in [0.4, 0.5) is 0 Å². The zero-order valence-corrected chi connectivity index (χ0v) is 15.1. The summed E-state index contributed by atoms with van der Waals surface area (Å²) in [5, 5.41) is 6.53. The third kappa shape index (κ3) is 4.66. The largest absolute Gasteiger partial charge is 0.357 e. The van der Waals surface area contributed by atoms with Gasteiger partial charge < -0.3 is 10.6 Å². The van der Waals surface area contributed by atoms with E-state index in [1.54, 1.807) is 12.4 Å². The zero-order chi connectivity index (χ0) is 18.2. The van der Waals surface area contributed by atoms with Crippen molar-refractivity contribution in [2.75, 3.05) is 6.54 Å². The van der Waals surface area contributed by atoms with Gasteiger partial charge in [-0.3, -0.25) is 9.55 Å². The van der Waals surface area contributed by atoms with Crippen molar-refractivity contribution >= 4 is 5.96 Å². The van der Waals surface area contributed by atoms with Gasteiger partial charge in [-0.25, -0.2) is 15.0 Å². The number of nitrogens with one attached hydrogen (secondary N) is 2. The highest BCUT2D eigenvalue weighted by atomic mass is 15.2. The Labute approximate surface area is 153 Å². The molecule has 0 fully saturated rings. The summed E-state index contributed by atoms with van der Waals surface area (Å²) in [4.78, 5) is 17.6. The van der Waals surface area contributed by atoms with Gasteiger partial charge in [0.15, 0.2) is 5.96 Å². The zero-order valence-electron chi connectivity index (χ0n) is 15.1. The molecule has 0 unspecified atom stereocenters. The quantitative estimate of drug-likeness (QED) is 0.527. The van der Waals surface area contributed by atoms with Crippen molar-refractivity contribution in [3.8, 4) is 5.82 Å². The van der Waals surface area contributed by atoms with Gasteiger partial charge in [-0.15, -0.1) is 0 Å². The van der Waals surface area contributed by atoms with Gasteiger partial charge >= 0.3 is 0 Å². The Balaban J connectivity index is 1.62. The molecule has 134 valence electrons. The Morgan fingerprint density at radius 3 is 2.65 bits per heavy atom. The topological polar surface area (TPSA) is 80.0 Å². The molecule has 7 heteroatoms. The minimum absolute atomic E-state index is 0.549. The number of guanidine groups is 1. The highest BCUT2D eigenvalue weighted by Crippen LogP contribution is 2.09. The lowest BCUT2D eigenvalue weighted by Crippen LogP contribution is -2.37. The molecule has 0 spiro atoms. The Morgan fingerprint density at radius 1 is 1.08 bits per heavy atom. The van der Waals surface area contributed by atoms with Crippen LogP contribution in [0, 0.1) is 6.92 Å². The van der Waals surface area contributed by atoms with Crippen LogP contribution < -0.4 is 10.6 Å². The first-order valence-electron chi connectivity index (χ1n) is 8.63. The second-order valence-electron chi connectivity index (χ2n) is 5.74. The summed E-state index contributed by atoms with van der Waals surface area (Å²) in [7, 11) is 0. The minimum atomic E-state index is 0.549. The molecular formula is C19H23N7. The maximum atomic E-state index is 4.62. The van der Waals surface area contributed by atoms with Crippen molar-refractivity contribution in [2.24, 2.45) is 4.99 Å². The van der Waals surface area contributed by atoms with E-state index in [2.05, 4.69) is 30.6 Å². The molecule has 0 bridgehead atoms. The molecule has 3 aromatic rings. The number of aryl methyl sites for hydroxylation is 1. The molecule has 2 N–H and O–H groups in total. The molecule has 26 heavy (non-hydrogen) atoms. The standard InChI is InChI=1S/C19H23N7/c1-3-20-19(25-14-17-6-4-5-9-22-17)24-13-16-7-8-18(23-12-16)26-11-10-21-15(26)2/h4-12H,3,13-14H2,1-2H3,(H2,20,24,25). The normalized spacial score (nSPS) is 11.4. The third-order valence-electron chi connectivity index (χ3n) is 3.81. The van der Waals surface area contributed by atoms with Gasteiger partial charge in [0.05, 0.1) is 18.8 Å². The maximum Gasteiger partial charge on any atom is 0.191 e. The van der Waals surface area contributed by atoms with Gasteiger partial charge in [0.25, 0.3) is 0 Å². The Kier molecular flexibility index (Phi) is 5.92. The third-order valence-corrected chi connectivity index (χ3v) is 3.81. The molecule has 3 heterocycles. The average molecular weight is 349 g/mol. The van der Waals surface area contributed by atoms with E-state index in [0.717, 1.165) is 35.4 Å². The summed E-state index contributed by atoms with van der Waals surface area (Å²) in [5.74, 6) is 2.53. The first-order chi connectivity index (χ1) is 12.8. The monoisotopic (exact) mass is 349 g/mol. The van der Waals surface area contributed by atoms with E-state index in [-0.39, 0.29) is 0 Å². The fraction of sp³-hybridized carbons (Fsp3) is 0.263. The van der Waals surface area contributed by atoms with Gasteiger partial charge in [0, 0.05) is 31.3 Å². The lowest BCUT2D eigenvalue weighted by atomic mass is 10.3. The van der Waals surface area contributed by atoms with E-state index in [1.165, 1.54) is 0 Å². The van der Waals surface area contributed by atoms with Crippen molar-refractivity contribution in [3.63, 3.8) is 0 Å². The van der Waals surface area contributed by atoms with Crippen molar-refractivity contribution in [2.45, 2.75) is 26.9 Å². The second-order valence-corrected chi connectivity index (χ2v) is 5.74. The Bertz CT molecular complexity index is 838. The van der Waals surface area contributed by atoms with Crippen molar-refractivity contribution in [3.05, 3.63) is 72.2 Å². The number of rotatable bonds is 6. The summed E-state index contributed by atoms with van der Waals surface area (Å²) in [6.07, 6.45) is 7.31. The van der Waals surface area contributed by atoms with Gasteiger partial charge in [0.2, 0.25) is 0 Å². The molecule has 7 nitrogen and oxygen atoms in total. The fourth-order valence-electron chi connectivity index (χ4n) is 2.46. The summed E-state index contributed by atoms with van der Waals surface area (Å²) in [6, 6.07) is 9.88. The van der Waals surface area contributed by atoms with E-state index in [1.807, 2.05) is 61.1 Å². The molecule has 0 aliphatic carbocycles. The van der Waals surface area contributed by atoms with Crippen LogP contribution in [-0.4, -0.2) is 32.0 Å². The molecule has 3 rings (SSSR count). The Morgan fingerprint density at radius 2 is 2.00 bits per heavy atom. The number of imidazole rings is 1. The smallest absolute Gasteiger partial charge is 0.191 e. The van der Waals surface area contributed by atoms with Crippen LogP contribution in [0.25, 0.3) is 5.82 Å². The van der Waals surface area contributed by atoms with Crippen LogP contribution in [0.15, 0.2) is 60.1 Å².